The molecule has 2 nitrogen and oxygen atoms in total. The molecule has 94 valence electrons. The number of benzene rings is 1. The molecule has 1 aliphatic carbocycles. The van der Waals surface area contributed by atoms with E-state index >= 15 is 0 Å². The number of rotatable bonds is 5. The van der Waals surface area contributed by atoms with Crippen LogP contribution in [0.3, 0.4) is 0 Å². The van der Waals surface area contributed by atoms with Gasteiger partial charge in [-0.1, -0.05) is 28.1 Å². The summed E-state index contributed by atoms with van der Waals surface area (Å²) in [5.74, 6) is 0. The molecule has 0 saturated heterocycles. The molecule has 1 aromatic rings. The zero-order chi connectivity index (χ0) is 12.3. The second-order valence-corrected chi connectivity index (χ2v) is 5.60. The van der Waals surface area contributed by atoms with E-state index in [0.717, 1.165) is 13.0 Å². The number of hydrogen-bond donors (Lipinski definition) is 1. The Hall–Kier alpha value is -0.380. The molecule has 0 aromatic heterocycles. The molecule has 0 heterocycles. The van der Waals surface area contributed by atoms with Crippen molar-refractivity contribution in [3.05, 3.63) is 33.8 Å². The Morgan fingerprint density at radius 2 is 2.35 bits per heavy atom. The maximum Gasteiger partial charge on any atom is 0.0476 e. The van der Waals surface area contributed by atoms with Gasteiger partial charge in [-0.15, -0.1) is 0 Å². The standard InChI is InChI=1S/C14H20BrNO/c1-10(8-9-17-2)16-14-7-6-11-12(14)4-3-5-13(11)15/h3-5,10,14,16H,6-9H2,1-2H3. The van der Waals surface area contributed by atoms with Crippen LogP contribution in [0.1, 0.15) is 36.9 Å². The molecule has 2 unspecified atom stereocenters. The molecule has 3 heteroatoms. The SMILES string of the molecule is COCCC(C)NC1CCc2c(Br)cccc21. The number of fused-ring (bicyclic) bond motifs is 1. The third-order valence-electron chi connectivity index (χ3n) is 3.45. The highest BCUT2D eigenvalue weighted by atomic mass is 79.9. The van der Waals surface area contributed by atoms with Crippen molar-refractivity contribution in [1.29, 1.82) is 0 Å². The van der Waals surface area contributed by atoms with Crippen LogP contribution in [0, 0.1) is 0 Å². The Balaban J connectivity index is 2.00. The Bertz CT molecular complexity index is 380. The highest BCUT2D eigenvalue weighted by molar-refractivity contribution is 9.10. The Morgan fingerprint density at radius 1 is 1.53 bits per heavy atom. The van der Waals surface area contributed by atoms with E-state index in [1.807, 2.05) is 0 Å². The molecule has 0 fully saturated rings. The van der Waals surface area contributed by atoms with Gasteiger partial charge in [0.1, 0.15) is 0 Å². The summed E-state index contributed by atoms with van der Waals surface area (Å²) in [5.41, 5.74) is 2.94. The van der Waals surface area contributed by atoms with Gasteiger partial charge in [0.2, 0.25) is 0 Å². The van der Waals surface area contributed by atoms with Gasteiger partial charge < -0.3 is 10.1 Å². The van der Waals surface area contributed by atoms with Crippen LogP contribution in [0.4, 0.5) is 0 Å². The van der Waals surface area contributed by atoms with E-state index in [2.05, 4.69) is 46.4 Å². The summed E-state index contributed by atoms with van der Waals surface area (Å²) in [4.78, 5) is 0. The van der Waals surface area contributed by atoms with Crippen molar-refractivity contribution in [2.45, 2.75) is 38.3 Å². The summed E-state index contributed by atoms with van der Waals surface area (Å²) in [6.07, 6.45) is 3.44. The smallest absolute Gasteiger partial charge is 0.0476 e. The van der Waals surface area contributed by atoms with Gasteiger partial charge in [0.05, 0.1) is 0 Å². The third-order valence-corrected chi connectivity index (χ3v) is 4.20. The minimum Gasteiger partial charge on any atom is -0.385 e. The van der Waals surface area contributed by atoms with E-state index in [0.29, 0.717) is 12.1 Å². The van der Waals surface area contributed by atoms with Crippen LogP contribution in [0.5, 0.6) is 0 Å². The molecular weight excluding hydrogens is 278 g/mol. The van der Waals surface area contributed by atoms with Gasteiger partial charge in [-0.05, 0) is 43.4 Å². The average molecular weight is 298 g/mol. The van der Waals surface area contributed by atoms with Crippen molar-refractivity contribution in [2.24, 2.45) is 0 Å². The number of hydrogen-bond acceptors (Lipinski definition) is 2. The molecule has 1 aliphatic rings. The van der Waals surface area contributed by atoms with E-state index in [1.165, 1.54) is 28.4 Å². The Kier molecular flexibility index (Phi) is 4.60. The molecule has 0 bridgehead atoms. The highest BCUT2D eigenvalue weighted by Crippen LogP contribution is 2.35. The first-order valence-corrected chi connectivity index (χ1v) is 7.04. The molecule has 1 N–H and O–H groups in total. The van der Waals surface area contributed by atoms with Crippen molar-refractivity contribution < 1.29 is 4.74 Å². The summed E-state index contributed by atoms with van der Waals surface area (Å²) in [7, 11) is 1.76. The summed E-state index contributed by atoms with van der Waals surface area (Å²) >= 11 is 3.64. The van der Waals surface area contributed by atoms with Gasteiger partial charge in [0, 0.05) is 30.3 Å². The number of halogens is 1. The largest absolute Gasteiger partial charge is 0.385 e. The predicted octanol–water partition coefficient (Wildman–Crippen LogP) is 3.45. The fraction of sp³-hybridized carbons (Fsp3) is 0.571. The topological polar surface area (TPSA) is 21.3 Å². The second kappa shape index (κ2) is 5.98. The molecule has 1 aromatic carbocycles. The van der Waals surface area contributed by atoms with Crippen LogP contribution in [-0.2, 0) is 11.2 Å². The first kappa shape index (κ1) is 13.1. The first-order valence-electron chi connectivity index (χ1n) is 6.24. The van der Waals surface area contributed by atoms with Gasteiger partial charge >= 0.3 is 0 Å². The normalized spacial score (nSPS) is 20.3. The van der Waals surface area contributed by atoms with Gasteiger partial charge in [-0.3, -0.25) is 0 Å². The molecule has 0 radical (unpaired) electrons. The summed E-state index contributed by atoms with van der Waals surface area (Å²) in [6, 6.07) is 7.52. The lowest BCUT2D eigenvalue weighted by molar-refractivity contribution is 0.182. The molecular formula is C14H20BrNO. The molecule has 17 heavy (non-hydrogen) atoms. The number of methoxy groups -OCH3 is 1. The van der Waals surface area contributed by atoms with E-state index in [-0.39, 0.29) is 0 Å². The van der Waals surface area contributed by atoms with E-state index < -0.39 is 0 Å². The quantitative estimate of drug-likeness (QED) is 0.899. The molecule has 0 spiro atoms. The first-order chi connectivity index (χ1) is 8.22. The second-order valence-electron chi connectivity index (χ2n) is 4.75. The molecule has 0 amide bonds. The Morgan fingerprint density at radius 3 is 3.12 bits per heavy atom. The average Bonchev–Trinajstić information content (AvgIpc) is 2.71. The van der Waals surface area contributed by atoms with Crippen LogP contribution < -0.4 is 5.32 Å². The van der Waals surface area contributed by atoms with Crippen LogP contribution >= 0.6 is 15.9 Å². The van der Waals surface area contributed by atoms with Gasteiger partial charge in [0.25, 0.3) is 0 Å². The minimum absolute atomic E-state index is 0.505. The number of nitrogens with one attached hydrogen (secondary N) is 1. The Labute approximate surface area is 112 Å². The van der Waals surface area contributed by atoms with Gasteiger partial charge in [0.15, 0.2) is 0 Å². The maximum atomic E-state index is 5.12. The lowest BCUT2D eigenvalue weighted by atomic mass is 10.1. The monoisotopic (exact) mass is 297 g/mol. The molecule has 2 rings (SSSR count). The van der Waals surface area contributed by atoms with Crippen molar-refractivity contribution in [2.75, 3.05) is 13.7 Å². The van der Waals surface area contributed by atoms with Crippen LogP contribution in [0.25, 0.3) is 0 Å². The predicted molar refractivity (Wildman–Crippen MR) is 74.3 cm³/mol. The molecule has 0 aliphatic heterocycles. The third kappa shape index (κ3) is 3.09. The van der Waals surface area contributed by atoms with E-state index in [4.69, 9.17) is 4.74 Å². The fourth-order valence-electron chi connectivity index (χ4n) is 2.50. The summed E-state index contributed by atoms with van der Waals surface area (Å²) in [5, 5.41) is 3.70. The molecule has 0 saturated carbocycles. The van der Waals surface area contributed by atoms with Crippen molar-refractivity contribution in [3.8, 4) is 0 Å². The summed E-state index contributed by atoms with van der Waals surface area (Å²) in [6.45, 7) is 3.06. The fourth-order valence-corrected chi connectivity index (χ4v) is 3.08. The molecule has 2 atom stereocenters. The lowest BCUT2D eigenvalue weighted by Gasteiger charge is -2.20. The van der Waals surface area contributed by atoms with E-state index in [9.17, 15) is 0 Å². The van der Waals surface area contributed by atoms with Crippen molar-refractivity contribution in [3.63, 3.8) is 0 Å². The van der Waals surface area contributed by atoms with E-state index in [1.54, 1.807) is 7.11 Å². The van der Waals surface area contributed by atoms with Crippen LogP contribution in [-0.4, -0.2) is 19.8 Å². The minimum atomic E-state index is 0.505. The lowest BCUT2D eigenvalue weighted by Crippen LogP contribution is -2.30. The zero-order valence-electron chi connectivity index (χ0n) is 10.5. The summed E-state index contributed by atoms with van der Waals surface area (Å²) < 4.78 is 6.37. The highest BCUT2D eigenvalue weighted by Gasteiger charge is 2.24. The van der Waals surface area contributed by atoms with Crippen LogP contribution in [0.15, 0.2) is 22.7 Å². The van der Waals surface area contributed by atoms with Gasteiger partial charge in [-0.25, -0.2) is 0 Å². The van der Waals surface area contributed by atoms with Gasteiger partial charge in [-0.2, -0.15) is 0 Å². The maximum absolute atomic E-state index is 5.12. The van der Waals surface area contributed by atoms with Crippen molar-refractivity contribution >= 4 is 15.9 Å². The van der Waals surface area contributed by atoms with Crippen molar-refractivity contribution in [1.82, 2.24) is 5.32 Å². The number of ether oxygens (including phenoxy) is 1. The van der Waals surface area contributed by atoms with Crippen LogP contribution in [0.2, 0.25) is 0 Å². The zero-order valence-corrected chi connectivity index (χ0v) is 12.1.